The number of methoxy groups -OCH3 is 1. The molecule has 1 aromatic rings. The van der Waals surface area contributed by atoms with Crippen molar-refractivity contribution >= 4 is 11.7 Å². The highest BCUT2D eigenvalue weighted by molar-refractivity contribution is 5.78. The number of anilines is 1. The van der Waals surface area contributed by atoms with Gasteiger partial charge < -0.3 is 14.7 Å². The normalized spacial score (nSPS) is 17.8. The number of rotatable bonds is 3. The number of aliphatic carboxylic acids is 1. The second-order valence-corrected chi connectivity index (χ2v) is 4.50. The van der Waals surface area contributed by atoms with Crippen LogP contribution in [0.4, 0.5) is 5.69 Å². The number of pyridine rings is 1. The summed E-state index contributed by atoms with van der Waals surface area (Å²) in [5.41, 5.74) is 0.197. The van der Waals surface area contributed by atoms with Gasteiger partial charge in [0.2, 0.25) is 0 Å². The molecule has 1 aliphatic heterocycles. The molecule has 19 heavy (non-hydrogen) atoms. The fourth-order valence-electron chi connectivity index (χ4n) is 2.27. The number of carboxylic acids is 1. The summed E-state index contributed by atoms with van der Waals surface area (Å²) in [6.45, 7) is 1.18. The predicted octanol–water partition coefficient (Wildman–Crippen LogP) is 1.02. The zero-order valence-electron chi connectivity index (χ0n) is 10.7. The lowest BCUT2D eigenvalue weighted by atomic mass is 9.91. The molecule has 2 rings (SSSR count). The second kappa shape index (κ2) is 5.24. The van der Waals surface area contributed by atoms with Crippen LogP contribution in [0.2, 0.25) is 0 Å². The smallest absolute Gasteiger partial charge is 0.336 e. The van der Waals surface area contributed by atoms with Crippen molar-refractivity contribution in [2.24, 2.45) is 0 Å². The number of piperidine rings is 1. The molecule has 1 aliphatic rings. The van der Waals surface area contributed by atoms with E-state index in [-0.39, 0.29) is 0 Å². The number of nitrogens with zero attached hydrogens (tertiary/aromatic N) is 3. The van der Waals surface area contributed by atoms with Gasteiger partial charge in [0.15, 0.2) is 5.60 Å². The van der Waals surface area contributed by atoms with Crippen molar-refractivity contribution < 1.29 is 14.6 Å². The summed E-state index contributed by atoms with van der Waals surface area (Å²) >= 11 is 0. The molecule has 2 heterocycles. The topological polar surface area (TPSA) is 86.5 Å². The Bertz CT molecular complexity index is 499. The minimum Gasteiger partial charge on any atom is -0.479 e. The average Bonchev–Trinajstić information content (AvgIpc) is 2.47. The molecule has 0 amide bonds. The van der Waals surface area contributed by atoms with Crippen LogP contribution in [0.15, 0.2) is 18.3 Å². The van der Waals surface area contributed by atoms with Crippen molar-refractivity contribution in [3.8, 4) is 6.07 Å². The highest BCUT2D eigenvalue weighted by Crippen LogP contribution is 2.28. The maximum absolute atomic E-state index is 11.2. The van der Waals surface area contributed by atoms with Gasteiger partial charge in [-0.1, -0.05) is 0 Å². The molecule has 1 saturated heterocycles. The lowest BCUT2D eigenvalue weighted by Crippen LogP contribution is -2.50. The van der Waals surface area contributed by atoms with Crippen LogP contribution < -0.4 is 4.90 Å². The summed E-state index contributed by atoms with van der Waals surface area (Å²) in [5, 5.41) is 17.9. The van der Waals surface area contributed by atoms with Gasteiger partial charge in [-0.25, -0.2) is 9.78 Å². The molecule has 0 aromatic carbocycles. The van der Waals surface area contributed by atoms with Crippen LogP contribution in [0.25, 0.3) is 0 Å². The first-order chi connectivity index (χ1) is 9.11. The van der Waals surface area contributed by atoms with E-state index in [1.807, 2.05) is 17.0 Å². The molecular formula is C13H15N3O3. The number of ether oxygens (including phenoxy) is 1. The largest absolute Gasteiger partial charge is 0.479 e. The molecule has 0 unspecified atom stereocenters. The van der Waals surface area contributed by atoms with E-state index in [4.69, 9.17) is 10.00 Å². The predicted molar refractivity (Wildman–Crippen MR) is 67.8 cm³/mol. The average molecular weight is 261 g/mol. The summed E-state index contributed by atoms with van der Waals surface area (Å²) in [4.78, 5) is 17.3. The fraction of sp³-hybridized carbons (Fsp3) is 0.462. The minimum atomic E-state index is -1.07. The zero-order valence-corrected chi connectivity index (χ0v) is 10.7. The van der Waals surface area contributed by atoms with Gasteiger partial charge in [-0.2, -0.15) is 5.26 Å². The van der Waals surface area contributed by atoms with Crippen molar-refractivity contribution in [1.29, 1.82) is 5.26 Å². The SMILES string of the molecule is COC1(C(=O)O)CCN(c2ccc(C#N)nc2)CC1. The number of carboxylic acid groups (broad SMARTS) is 1. The van der Waals surface area contributed by atoms with E-state index in [9.17, 15) is 9.90 Å². The summed E-state index contributed by atoms with van der Waals surface area (Å²) in [5.74, 6) is -0.910. The van der Waals surface area contributed by atoms with Gasteiger partial charge in [0.25, 0.3) is 0 Å². The summed E-state index contributed by atoms with van der Waals surface area (Å²) in [6, 6.07) is 5.45. The van der Waals surface area contributed by atoms with E-state index < -0.39 is 11.6 Å². The van der Waals surface area contributed by atoms with Gasteiger partial charge in [-0.15, -0.1) is 0 Å². The monoisotopic (exact) mass is 261 g/mol. The van der Waals surface area contributed by atoms with Gasteiger partial charge in [-0.3, -0.25) is 0 Å². The maximum atomic E-state index is 11.2. The van der Waals surface area contributed by atoms with Crippen LogP contribution in [0.3, 0.4) is 0 Å². The highest BCUT2D eigenvalue weighted by Gasteiger charge is 2.41. The Morgan fingerprint density at radius 2 is 2.21 bits per heavy atom. The molecule has 0 atom stereocenters. The highest BCUT2D eigenvalue weighted by atomic mass is 16.5. The van der Waals surface area contributed by atoms with E-state index in [0.29, 0.717) is 31.6 Å². The van der Waals surface area contributed by atoms with Gasteiger partial charge in [-0.05, 0) is 12.1 Å². The molecule has 1 aromatic heterocycles. The fourth-order valence-corrected chi connectivity index (χ4v) is 2.27. The van der Waals surface area contributed by atoms with Crippen molar-refractivity contribution in [3.05, 3.63) is 24.0 Å². The zero-order chi connectivity index (χ0) is 13.9. The molecule has 0 spiro atoms. The lowest BCUT2D eigenvalue weighted by molar-refractivity contribution is -0.164. The van der Waals surface area contributed by atoms with Crippen molar-refractivity contribution in [2.45, 2.75) is 18.4 Å². The molecule has 0 bridgehead atoms. The first-order valence-electron chi connectivity index (χ1n) is 6.01. The number of aromatic nitrogens is 1. The number of hydrogen-bond donors (Lipinski definition) is 1. The summed E-state index contributed by atoms with van der Waals surface area (Å²) in [6.07, 6.45) is 2.50. The standard InChI is InChI=1S/C13H15N3O3/c1-19-13(12(17)18)4-6-16(7-5-13)11-3-2-10(8-14)15-9-11/h2-3,9H,4-7H2,1H3,(H,17,18). The summed E-state index contributed by atoms with van der Waals surface area (Å²) < 4.78 is 5.18. The molecule has 6 heteroatoms. The third-order valence-corrected chi connectivity index (χ3v) is 3.58. The van der Waals surface area contributed by atoms with Gasteiger partial charge in [0.1, 0.15) is 11.8 Å². The van der Waals surface area contributed by atoms with E-state index in [1.165, 1.54) is 7.11 Å². The number of hydrogen-bond acceptors (Lipinski definition) is 5. The maximum Gasteiger partial charge on any atom is 0.336 e. The van der Waals surface area contributed by atoms with Crippen LogP contribution >= 0.6 is 0 Å². The Labute approximate surface area is 111 Å². The van der Waals surface area contributed by atoms with E-state index >= 15 is 0 Å². The van der Waals surface area contributed by atoms with Crippen LogP contribution in [0.1, 0.15) is 18.5 Å². The first kappa shape index (κ1) is 13.3. The molecule has 6 nitrogen and oxygen atoms in total. The Kier molecular flexibility index (Phi) is 3.67. The van der Waals surface area contributed by atoms with Crippen molar-refractivity contribution in [3.63, 3.8) is 0 Å². The Hall–Kier alpha value is -2.13. The number of nitriles is 1. The van der Waals surface area contributed by atoms with Crippen LogP contribution in [0, 0.1) is 11.3 Å². The van der Waals surface area contributed by atoms with E-state index in [2.05, 4.69) is 4.98 Å². The third kappa shape index (κ3) is 2.51. The Morgan fingerprint density at radius 1 is 1.53 bits per heavy atom. The van der Waals surface area contributed by atoms with Crippen molar-refractivity contribution in [1.82, 2.24) is 4.98 Å². The second-order valence-electron chi connectivity index (χ2n) is 4.50. The molecule has 1 fully saturated rings. The van der Waals surface area contributed by atoms with E-state index in [0.717, 1.165) is 5.69 Å². The first-order valence-corrected chi connectivity index (χ1v) is 6.01. The molecule has 1 N–H and O–H groups in total. The Morgan fingerprint density at radius 3 is 2.63 bits per heavy atom. The van der Waals surface area contributed by atoms with Crippen molar-refractivity contribution in [2.75, 3.05) is 25.1 Å². The van der Waals surface area contributed by atoms with Crippen LogP contribution in [0.5, 0.6) is 0 Å². The van der Waals surface area contributed by atoms with Gasteiger partial charge >= 0.3 is 5.97 Å². The molecule has 100 valence electrons. The minimum absolute atomic E-state index is 0.373. The molecule has 0 aliphatic carbocycles. The van der Waals surface area contributed by atoms with Gasteiger partial charge in [0.05, 0.1) is 11.9 Å². The van der Waals surface area contributed by atoms with Crippen LogP contribution in [-0.2, 0) is 9.53 Å². The molecule has 0 radical (unpaired) electrons. The molecule has 0 saturated carbocycles. The lowest BCUT2D eigenvalue weighted by Gasteiger charge is -2.38. The van der Waals surface area contributed by atoms with Crippen LogP contribution in [-0.4, -0.2) is 41.9 Å². The third-order valence-electron chi connectivity index (χ3n) is 3.58. The number of carbonyl (C=O) groups is 1. The Balaban J connectivity index is 2.07. The van der Waals surface area contributed by atoms with Gasteiger partial charge in [0, 0.05) is 33.0 Å². The van der Waals surface area contributed by atoms with E-state index in [1.54, 1.807) is 12.3 Å². The quantitative estimate of drug-likeness (QED) is 0.874. The summed E-state index contributed by atoms with van der Waals surface area (Å²) in [7, 11) is 1.44. The molecular weight excluding hydrogens is 246 g/mol.